The second-order valence-electron chi connectivity index (χ2n) is 4.89. The lowest BCUT2D eigenvalue weighted by Crippen LogP contribution is -2.16. The molecule has 0 fully saturated rings. The second kappa shape index (κ2) is 5.20. The smallest absolute Gasteiger partial charge is 0.115 e. The van der Waals surface area contributed by atoms with Crippen LogP contribution in [0.3, 0.4) is 0 Å². The van der Waals surface area contributed by atoms with Crippen molar-refractivity contribution in [3.63, 3.8) is 0 Å². The third-order valence-corrected chi connectivity index (χ3v) is 3.05. The second-order valence-corrected chi connectivity index (χ2v) is 4.89. The average molecular weight is 206 g/mol. The Bertz CT molecular complexity index is 285. The largest absolute Gasteiger partial charge is 0.508 e. The summed E-state index contributed by atoms with van der Waals surface area (Å²) in [6.45, 7) is 6.78. The Labute approximate surface area is 93.1 Å². The predicted molar refractivity (Wildman–Crippen MR) is 65.3 cm³/mol. The summed E-state index contributed by atoms with van der Waals surface area (Å²) in [5.41, 5.74) is 1.54. The molecule has 0 atom stereocenters. The summed E-state index contributed by atoms with van der Waals surface area (Å²) in [7, 11) is 0. The van der Waals surface area contributed by atoms with Crippen molar-refractivity contribution in [3.8, 4) is 5.75 Å². The van der Waals surface area contributed by atoms with Gasteiger partial charge in [-0.05, 0) is 29.5 Å². The van der Waals surface area contributed by atoms with Gasteiger partial charge in [-0.1, -0.05) is 52.2 Å². The maximum atomic E-state index is 9.24. The standard InChI is InChI=1S/C14H22O/c1-4-5-6-11-14(2,3)12-7-9-13(15)10-8-12/h7-10,15H,4-6,11H2,1-3H3. The van der Waals surface area contributed by atoms with E-state index in [4.69, 9.17) is 0 Å². The van der Waals surface area contributed by atoms with Gasteiger partial charge in [-0.25, -0.2) is 0 Å². The quantitative estimate of drug-likeness (QED) is 0.714. The molecule has 1 nitrogen and oxygen atoms in total. The number of rotatable bonds is 5. The molecule has 1 heteroatoms. The summed E-state index contributed by atoms with van der Waals surface area (Å²) in [6.07, 6.45) is 5.07. The number of benzene rings is 1. The topological polar surface area (TPSA) is 20.2 Å². The van der Waals surface area contributed by atoms with Crippen LogP contribution >= 0.6 is 0 Å². The van der Waals surface area contributed by atoms with Crippen LogP contribution in [-0.2, 0) is 5.41 Å². The Kier molecular flexibility index (Phi) is 4.19. The SMILES string of the molecule is CCCCCC(C)(C)c1ccc(O)cc1. The summed E-state index contributed by atoms with van der Waals surface area (Å²) >= 11 is 0. The molecular weight excluding hydrogens is 184 g/mol. The van der Waals surface area contributed by atoms with E-state index in [0.717, 1.165) is 0 Å². The lowest BCUT2D eigenvalue weighted by molar-refractivity contribution is 0.447. The molecule has 0 saturated carbocycles. The Hall–Kier alpha value is -0.980. The van der Waals surface area contributed by atoms with Gasteiger partial charge in [-0.2, -0.15) is 0 Å². The van der Waals surface area contributed by atoms with Gasteiger partial charge in [0.05, 0.1) is 0 Å². The molecule has 1 aromatic carbocycles. The molecule has 0 unspecified atom stereocenters. The van der Waals surface area contributed by atoms with Gasteiger partial charge in [0, 0.05) is 0 Å². The van der Waals surface area contributed by atoms with Crippen molar-refractivity contribution in [2.24, 2.45) is 0 Å². The fourth-order valence-electron chi connectivity index (χ4n) is 1.87. The normalized spacial score (nSPS) is 11.7. The van der Waals surface area contributed by atoms with Crippen LogP contribution in [-0.4, -0.2) is 5.11 Å². The molecule has 0 aliphatic carbocycles. The molecule has 1 rings (SSSR count). The van der Waals surface area contributed by atoms with Crippen molar-refractivity contribution < 1.29 is 5.11 Å². The lowest BCUT2D eigenvalue weighted by Gasteiger charge is -2.25. The van der Waals surface area contributed by atoms with Crippen molar-refractivity contribution in [1.29, 1.82) is 0 Å². The number of phenolic OH excluding ortho intramolecular Hbond substituents is 1. The highest BCUT2D eigenvalue weighted by Crippen LogP contribution is 2.30. The molecule has 1 aromatic rings. The number of hydrogen-bond acceptors (Lipinski definition) is 1. The van der Waals surface area contributed by atoms with Crippen LogP contribution in [0, 0.1) is 0 Å². The molecule has 0 heterocycles. The Morgan fingerprint density at radius 2 is 1.67 bits per heavy atom. The van der Waals surface area contributed by atoms with Gasteiger partial charge in [-0.3, -0.25) is 0 Å². The minimum Gasteiger partial charge on any atom is -0.508 e. The van der Waals surface area contributed by atoms with Gasteiger partial charge >= 0.3 is 0 Å². The first-order valence-corrected chi connectivity index (χ1v) is 5.86. The van der Waals surface area contributed by atoms with E-state index in [-0.39, 0.29) is 5.41 Å². The van der Waals surface area contributed by atoms with Crippen molar-refractivity contribution >= 4 is 0 Å². The van der Waals surface area contributed by atoms with E-state index in [1.54, 1.807) is 12.1 Å². The van der Waals surface area contributed by atoms with Crippen LogP contribution in [0.4, 0.5) is 0 Å². The van der Waals surface area contributed by atoms with Crippen LogP contribution in [0.15, 0.2) is 24.3 Å². The first kappa shape index (κ1) is 12.1. The summed E-state index contributed by atoms with van der Waals surface area (Å²) in [5.74, 6) is 0.350. The van der Waals surface area contributed by atoms with E-state index in [2.05, 4.69) is 20.8 Å². The summed E-state index contributed by atoms with van der Waals surface area (Å²) < 4.78 is 0. The monoisotopic (exact) mass is 206 g/mol. The Balaban J connectivity index is 2.63. The average Bonchev–Trinajstić information content (AvgIpc) is 2.18. The van der Waals surface area contributed by atoms with Gasteiger partial charge in [0.25, 0.3) is 0 Å². The molecule has 0 spiro atoms. The number of unbranched alkanes of at least 4 members (excludes halogenated alkanes) is 2. The molecule has 0 aliphatic rings. The van der Waals surface area contributed by atoms with Gasteiger partial charge in [-0.15, -0.1) is 0 Å². The summed E-state index contributed by atoms with van der Waals surface area (Å²) in [6, 6.07) is 7.61. The van der Waals surface area contributed by atoms with Crippen LogP contribution in [0.2, 0.25) is 0 Å². The van der Waals surface area contributed by atoms with Crippen molar-refractivity contribution in [2.75, 3.05) is 0 Å². The zero-order chi connectivity index (χ0) is 11.3. The minimum absolute atomic E-state index is 0.225. The molecule has 84 valence electrons. The van der Waals surface area contributed by atoms with Gasteiger partial charge < -0.3 is 5.11 Å². The molecule has 0 amide bonds. The maximum Gasteiger partial charge on any atom is 0.115 e. The molecule has 0 saturated heterocycles. The van der Waals surface area contributed by atoms with Gasteiger partial charge in [0.2, 0.25) is 0 Å². The predicted octanol–water partition coefficient (Wildman–Crippen LogP) is 4.25. The Morgan fingerprint density at radius 3 is 2.20 bits per heavy atom. The minimum atomic E-state index is 0.225. The van der Waals surface area contributed by atoms with Crippen molar-refractivity contribution in [2.45, 2.75) is 51.9 Å². The molecular formula is C14H22O. The molecule has 0 bridgehead atoms. The van der Waals surface area contributed by atoms with Crippen LogP contribution in [0.25, 0.3) is 0 Å². The van der Waals surface area contributed by atoms with Crippen LogP contribution in [0.1, 0.15) is 52.0 Å². The summed E-state index contributed by atoms with van der Waals surface area (Å²) in [4.78, 5) is 0. The van der Waals surface area contributed by atoms with E-state index in [1.807, 2.05) is 12.1 Å². The van der Waals surface area contributed by atoms with E-state index >= 15 is 0 Å². The first-order valence-electron chi connectivity index (χ1n) is 5.86. The molecule has 0 radical (unpaired) electrons. The molecule has 0 aliphatic heterocycles. The van der Waals surface area contributed by atoms with E-state index in [1.165, 1.54) is 31.2 Å². The highest BCUT2D eigenvalue weighted by Gasteiger charge is 2.19. The number of phenols is 1. The zero-order valence-corrected chi connectivity index (χ0v) is 10.1. The highest BCUT2D eigenvalue weighted by molar-refractivity contribution is 5.30. The van der Waals surface area contributed by atoms with E-state index in [9.17, 15) is 5.11 Å². The van der Waals surface area contributed by atoms with Crippen LogP contribution < -0.4 is 0 Å². The fraction of sp³-hybridized carbons (Fsp3) is 0.571. The van der Waals surface area contributed by atoms with E-state index in [0.29, 0.717) is 5.75 Å². The van der Waals surface area contributed by atoms with Crippen LogP contribution in [0.5, 0.6) is 5.75 Å². The van der Waals surface area contributed by atoms with Crippen molar-refractivity contribution in [1.82, 2.24) is 0 Å². The molecule has 0 aromatic heterocycles. The van der Waals surface area contributed by atoms with E-state index < -0.39 is 0 Å². The highest BCUT2D eigenvalue weighted by atomic mass is 16.3. The molecule has 1 N–H and O–H groups in total. The van der Waals surface area contributed by atoms with Gasteiger partial charge in [0.1, 0.15) is 5.75 Å². The molecule has 15 heavy (non-hydrogen) atoms. The number of aromatic hydroxyl groups is 1. The zero-order valence-electron chi connectivity index (χ0n) is 10.1. The first-order chi connectivity index (χ1) is 7.06. The lowest BCUT2D eigenvalue weighted by atomic mass is 9.80. The summed E-state index contributed by atoms with van der Waals surface area (Å²) in [5, 5.41) is 9.24. The number of hydrogen-bond donors (Lipinski definition) is 1. The maximum absolute atomic E-state index is 9.24. The third-order valence-electron chi connectivity index (χ3n) is 3.05. The fourth-order valence-corrected chi connectivity index (χ4v) is 1.87. The van der Waals surface area contributed by atoms with Crippen molar-refractivity contribution in [3.05, 3.63) is 29.8 Å². The third kappa shape index (κ3) is 3.58. The Morgan fingerprint density at radius 1 is 1.07 bits per heavy atom. The van der Waals surface area contributed by atoms with Gasteiger partial charge in [0.15, 0.2) is 0 Å².